The molecule has 7 heteroatoms. The highest BCUT2D eigenvalue weighted by Crippen LogP contribution is 2.02. The van der Waals surface area contributed by atoms with Gasteiger partial charge >= 0.3 is 0 Å². The smallest absolute Gasteiger partial charge is 0.251 e. The van der Waals surface area contributed by atoms with Crippen LogP contribution in [0.5, 0.6) is 0 Å². The Morgan fingerprint density at radius 2 is 2.11 bits per heavy atom. The van der Waals surface area contributed by atoms with Crippen LogP contribution in [0.3, 0.4) is 0 Å². The summed E-state index contributed by atoms with van der Waals surface area (Å²) in [6.07, 6.45) is 1.54. The lowest BCUT2D eigenvalue weighted by atomic mass is 10.1. The van der Waals surface area contributed by atoms with Gasteiger partial charge in [0.25, 0.3) is 5.91 Å². The molecule has 0 saturated heterocycles. The molecular formula is C11H14N4O2S. The molecule has 0 radical (unpaired) electrons. The zero-order chi connectivity index (χ0) is 13.4. The third-order valence-corrected chi connectivity index (χ3v) is 2.05. The van der Waals surface area contributed by atoms with Gasteiger partial charge in [0.1, 0.15) is 0 Å². The van der Waals surface area contributed by atoms with Gasteiger partial charge in [-0.1, -0.05) is 12.1 Å². The Hall–Kier alpha value is -1.99. The number of aliphatic hydroxyl groups is 1. The Kier molecular flexibility index (Phi) is 5.75. The highest BCUT2D eigenvalue weighted by Gasteiger charge is 2.03. The number of thiocarbonyl (C=S) groups is 1. The van der Waals surface area contributed by atoms with Crippen molar-refractivity contribution < 1.29 is 9.90 Å². The molecule has 0 heterocycles. The first-order valence-electron chi connectivity index (χ1n) is 5.21. The Morgan fingerprint density at radius 1 is 1.44 bits per heavy atom. The van der Waals surface area contributed by atoms with Gasteiger partial charge in [-0.2, -0.15) is 5.10 Å². The van der Waals surface area contributed by atoms with Gasteiger partial charge in [-0.3, -0.25) is 10.2 Å². The standard InChI is InChI=1S/C11H14N4O2S/c12-11(18)15-14-7-8-1-3-9(4-2-8)10(17)13-5-6-16/h1-4,7,16H,5-6H2,(H,13,17)(H3,12,15,18). The van der Waals surface area contributed by atoms with Crippen molar-refractivity contribution in [2.75, 3.05) is 13.2 Å². The van der Waals surface area contributed by atoms with E-state index in [1.165, 1.54) is 6.21 Å². The topological polar surface area (TPSA) is 99.7 Å². The van der Waals surface area contributed by atoms with Gasteiger partial charge in [0.05, 0.1) is 12.8 Å². The number of nitrogens with two attached hydrogens (primary N) is 1. The van der Waals surface area contributed by atoms with Crippen LogP contribution in [0.1, 0.15) is 15.9 Å². The maximum absolute atomic E-state index is 11.5. The molecule has 1 aromatic carbocycles. The fraction of sp³-hybridized carbons (Fsp3) is 0.182. The summed E-state index contributed by atoms with van der Waals surface area (Å²) in [5, 5.41) is 15.0. The van der Waals surface area contributed by atoms with Gasteiger partial charge in [-0.05, 0) is 29.9 Å². The number of hydrogen-bond acceptors (Lipinski definition) is 4. The number of rotatable bonds is 5. The van der Waals surface area contributed by atoms with E-state index in [9.17, 15) is 4.79 Å². The lowest BCUT2D eigenvalue weighted by molar-refractivity contribution is 0.0945. The van der Waals surface area contributed by atoms with E-state index in [2.05, 4.69) is 28.1 Å². The van der Waals surface area contributed by atoms with Gasteiger partial charge in [-0.15, -0.1) is 0 Å². The largest absolute Gasteiger partial charge is 0.395 e. The van der Waals surface area contributed by atoms with Gasteiger partial charge in [-0.25, -0.2) is 0 Å². The number of nitrogens with zero attached hydrogens (tertiary/aromatic N) is 1. The number of aliphatic hydroxyl groups excluding tert-OH is 1. The Morgan fingerprint density at radius 3 is 2.67 bits per heavy atom. The van der Waals surface area contributed by atoms with Crippen LogP contribution in [-0.4, -0.2) is 35.5 Å². The summed E-state index contributed by atoms with van der Waals surface area (Å²) in [5.74, 6) is -0.228. The van der Waals surface area contributed by atoms with Gasteiger partial charge in [0, 0.05) is 12.1 Å². The van der Waals surface area contributed by atoms with E-state index in [1.54, 1.807) is 24.3 Å². The summed E-state index contributed by atoms with van der Waals surface area (Å²) in [7, 11) is 0. The molecule has 0 aliphatic rings. The van der Waals surface area contributed by atoms with E-state index in [1.807, 2.05) is 0 Å². The second-order valence-corrected chi connectivity index (χ2v) is 3.78. The number of benzene rings is 1. The summed E-state index contributed by atoms with van der Waals surface area (Å²) >= 11 is 4.59. The number of nitrogens with one attached hydrogen (secondary N) is 2. The Balaban J connectivity index is 2.59. The van der Waals surface area contributed by atoms with E-state index in [0.29, 0.717) is 5.56 Å². The van der Waals surface area contributed by atoms with E-state index in [0.717, 1.165) is 5.56 Å². The first kappa shape index (κ1) is 14.1. The molecule has 0 saturated carbocycles. The second kappa shape index (κ2) is 7.36. The molecule has 0 bridgehead atoms. The average molecular weight is 266 g/mol. The summed E-state index contributed by atoms with van der Waals surface area (Å²) in [4.78, 5) is 11.5. The molecule has 5 N–H and O–H groups in total. The van der Waals surface area contributed by atoms with Crippen molar-refractivity contribution in [2.24, 2.45) is 10.8 Å². The summed E-state index contributed by atoms with van der Waals surface area (Å²) in [6.45, 7) is 0.154. The number of carbonyl (C=O) groups excluding carboxylic acids is 1. The van der Waals surface area contributed by atoms with Crippen molar-refractivity contribution >= 4 is 29.5 Å². The predicted octanol–water partition coefficient (Wildman–Crippen LogP) is -0.424. The SMILES string of the molecule is NC(=S)NN=Cc1ccc(C(=O)NCCO)cc1. The minimum Gasteiger partial charge on any atom is -0.395 e. The number of hydrazone groups is 1. The van der Waals surface area contributed by atoms with Crippen LogP contribution in [0.15, 0.2) is 29.4 Å². The molecule has 0 aliphatic heterocycles. The number of amides is 1. The fourth-order valence-electron chi connectivity index (χ4n) is 1.16. The molecule has 0 fully saturated rings. The van der Waals surface area contributed by atoms with E-state index < -0.39 is 0 Å². The maximum atomic E-state index is 11.5. The van der Waals surface area contributed by atoms with Crippen LogP contribution in [0, 0.1) is 0 Å². The maximum Gasteiger partial charge on any atom is 0.251 e. The predicted molar refractivity (Wildman–Crippen MR) is 73.4 cm³/mol. The first-order chi connectivity index (χ1) is 8.63. The summed E-state index contributed by atoms with van der Waals surface area (Å²) < 4.78 is 0. The van der Waals surface area contributed by atoms with Gasteiger partial charge < -0.3 is 16.2 Å². The number of hydrogen-bond donors (Lipinski definition) is 4. The summed E-state index contributed by atoms with van der Waals surface area (Å²) in [6, 6.07) is 6.79. The summed E-state index contributed by atoms with van der Waals surface area (Å²) in [5.41, 5.74) is 8.95. The van der Waals surface area contributed by atoms with Crippen LogP contribution < -0.4 is 16.5 Å². The van der Waals surface area contributed by atoms with Crippen molar-refractivity contribution in [3.8, 4) is 0 Å². The lowest BCUT2D eigenvalue weighted by Crippen LogP contribution is -2.26. The zero-order valence-electron chi connectivity index (χ0n) is 9.59. The third kappa shape index (κ3) is 4.89. The molecule has 1 amide bonds. The molecular weight excluding hydrogens is 252 g/mol. The molecule has 96 valence electrons. The van der Waals surface area contributed by atoms with Crippen molar-refractivity contribution in [2.45, 2.75) is 0 Å². The monoisotopic (exact) mass is 266 g/mol. The lowest BCUT2D eigenvalue weighted by Gasteiger charge is -2.03. The minimum atomic E-state index is -0.228. The Bertz CT molecular complexity index is 445. The van der Waals surface area contributed by atoms with E-state index in [-0.39, 0.29) is 24.2 Å². The van der Waals surface area contributed by atoms with E-state index in [4.69, 9.17) is 10.8 Å². The van der Waals surface area contributed by atoms with Crippen LogP contribution in [0.4, 0.5) is 0 Å². The third-order valence-electron chi connectivity index (χ3n) is 1.96. The van der Waals surface area contributed by atoms with Crippen LogP contribution in [0.25, 0.3) is 0 Å². The first-order valence-corrected chi connectivity index (χ1v) is 5.62. The van der Waals surface area contributed by atoms with Crippen molar-refractivity contribution in [3.05, 3.63) is 35.4 Å². The zero-order valence-corrected chi connectivity index (χ0v) is 10.4. The van der Waals surface area contributed by atoms with Crippen LogP contribution in [0.2, 0.25) is 0 Å². The highest BCUT2D eigenvalue weighted by molar-refractivity contribution is 7.80. The molecule has 6 nitrogen and oxygen atoms in total. The molecule has 0 spiro atoms. The molecule has 1 aromatic rings. The van der Waals surface area contributed by atoms with Crippen molar-refractivity contribution in [1.29, 1.82) is 0 Å². The quantitative estimate of drug-likeness (QED) is 0.329. The molecule has 0 unspecified atom stereocenters. The Labute approximate surface area is 110 Å². The fourth-order valence-corrected chi connectivity index (χ4v) is 1.22. The molecule has 0 atom stereocenters. The molecule has 18 heavy (non-hydrogen) atoms. The second-order valence-electron chi connectivity index (χ2n) is 3.34. The van der Waals surface area contributed by atoms with Crippen molar-refractivity contribution in [3.63, 3.8) is 0 Å². The minimum absolute atomic E-state index is 0.0822. The van der Waals surface area contributed by atoms with Crippen LogP contribution in [-0.2, 0) is 0 Å². The number of carbonyl (C=O) groups is 1. The average Bonchev–Trinajstić information content (AvgIpc) is 2.36. The highest BCUT2D eigenvalue weighted by atomic mass is 32.1. The van der Waals surface area contributed by atoms with Crippen LogP contribution >= 0.6 is 12.2 Å². The van der Waals surface area contributed by atoms with Crippen molar-refractivity contribution in [1.82, 2.24) is 10.7 Å². The van der Waals surface area contributed by atoms with Gasteiger partial charge in [0.15, 0.2) is 5.11 Å². The molecule has 0 aromatic heterocycles. The normalized spacial score (nSPS) is 10.3. The van der Waals surface area contributed by atoms with Gasteiger partial charge in [0.2, 0.25) is 0 Å². The van der Waals surface area contributed by atoms with E-state index >= 15 is 0 Å². The molecule has 0 aliphatic carbocycles. The molecule has 1 rings (SSSR count).